The number of hydrogen-bond donors (Lipinski definition) is 3. The monoisotopic (exact) mass is 452 g/mol. The molecule has 0 unspecified atom stereocenters. The largest absolute Gasteiger partial charge is 0.481 e. The van der Waals surface area contributed by atoms with E-state index in [1.165, 1.54) is 19.3 Å². The standard InChI is InChI=1S/C26H32N2O5/c1-2-3-4-5-6-7-8-24(30)27-21-15-11-20(12-16-21)26(33)28-22-13-9-19(10-14-22)23(29)17-18-25(31)32/h9-16H,2-8,17-18H2,1H3,(H,27,30)(H,28,33)(H,31,32). The normalized spacial score (nSPS) is 10.5. The molecule has 0 aliphatic heterocycles. The number of anilines is 2. The minimum Gasteiger partial charge on any atom is -0.481 e. The molecule has 0 saturated heterocycles. The van der Waals surface area contributed by atoms with Crippen molar-refractivity contribution in [3.05, 3.63) is 59.7 Å². The van der Waals surface area contributed by atoms with Gasteiger partial charge in [0.2, 0.25) is 5.91 Å². The zero-order valence-electron chi connectivity index (χ0n) is 19.1. The topological polar surface area (TPSA) is 113 Å². The number of nitrogens with one attached hydrogen (secondary N) is 2. The summed E-state index contributed by atoms with van der Waals surface area (Å²) in [5.74, 6) is -1.62. The fraction of sp³-hybridized carbons (Fsp3) is 0.385. The number of carbonyl (C=O) groups is 4. The molecule has 2 aromatic rings. The maximum absolute atomic E-state index is 12.5. The average Bonchev–Trinajstić information content (AvgIpc) is 2.80. The van der Waals surface area contributed by atoms with Crippen molar-refractivity contribution in [2.75, 3.05) is 10.6 Å². The van der Waals surface area contributed by atoms with E-state index in [0.29, 0.717) is 28.9 Å². The van der Waals surface area contributed by atoms with Crippen LogP contribution in [-0.4, -0.2) is 28.7 Å². The van der Waals surface area contributed by atoms with Crippen LogP contribution in [0.4, 0.5) is 11.4 Å². The van der Waals surface area contributed by atoms with E-state index in [1.54, 1.807) is 48.5 Å². The van der Waals surface area contributed by atoms with Crippen molar-refractivity contribution in [1.82, 2.24) is 0 Å². The van der Waals surface area contributed by atoms with Crippen LogP contribution in [0.25, 0.3) is 0 Å². The number of unbranched alkanes of at least 4 members (excludes halogenated alkanes) is 5. The number of hydrogen-bond acceptors (Lipinski definition) is 4. The molecule has 0 atom stereocenters. The Morgan fingerprint density at radius 1 is 0.667 bits per heavy atom. The molecule has 0 saturated carbocycles. The predicted octanol–water partition coefficient (Wildman–Crippen LogP) is 5.68. The van der Waals surface area contributed by atoms with Crippen LogP contribution < -0.4 is 10.6 Å². The summed E-state index contributed by atoms with van der Waals surface area (Å²) in [6.45, 7) is 2.18. The lowest BCUT2D eigenvalue weighted by atomic mass is 10.1. The smallest absolute Gasteiger partial charge is 0.303 e. The summed E-state index contributed by atoms with van der Waals surface area (Å²) in [6.07, 6.45) is 6.97. The number of carboxylic acid groups (broad SMARTS) is 1. The Bertz CT molecular complexity index is 936. The summed E-state index contributed by atoms with van der Waals surface area (Å²) in [7, 11) is 0. The SMILES string of the molecule is CCCCCCCCC(=O)Nc1ccc(C(=O)Nc2ccc(C(=O)CCC(=O)O)cc2)cc1. The second kappa shape index (κ2) is 13.8. The Morgan fingerprint density at radius 3 is 1.82 bits per heavy atom. The number of aliphatic carboxylic acids is 1. The lowest BCUT2D eigenvalue weighted by Crippen LogP contribution is -2.13. The first-order chi connectivity index (χ1) is 15.9. The first-order valence-electron chi connectivity index (χ1n) is 11.5. The van der Waals surface area contributed by atoms with Gasteiger partial charge in [-0.15, -0.1) is 0 Å². The summed E-state index contributed by atoms with van der Waals surface area (Å²) >= 11 is 0. The molecular weight excluding hydrogens is 420 g/mol. The third-order valence-electron chi connectivity index (χ3n) is 5.22. The van der Waals surface area contributed by atoms with Gasteiger partial charge in [0.05, 0.1) is 6.42 Å². The molecule has 0 spiro atoms. The van der Waals surface area contributed by atoms with Crippen LogP contribution in [-0.2, 0) is 9.59 Å². The lowest BCUT2D eigenvalue weighted by molar-refractivity contribution is -0.137. The van der Waals surface area contributed by atoms with Crippen molar-refractivity contribution in [1.29, 1.82) is 0 Å². The van der Waals surface area contributed by atoms with Gasteiger partial charge in [0, 0.05) is 35.3 Å². The zero-order chi connectivity index (χ0) is 24.1. The molecule has 7 heteroatoms. The number of rotatable bonds is 14. The van der Waals surface area contributed by atoms with E-state index < -0.39 is 5.97 Å². The molecule has 176 valence electrons. The van der Waals surface area contributed by atoms with E-state index in [2.05, 4.69) is 17.6 Å². The third-order valence-corrected chi connectivity index (χ3v) is 5.22. The van der Waals surface area contributed by atoms with Gasteiger partial charge in [-0.2, -0.15) is 0 Å². The minimum absolute atomic E-state index is 0.0271. The molecule has 7 nitrogen and oxygen atoms in total. The number of carboxylic acids is 1. The van der Waals surface area contributed by atoms with Gasteiger partial charge in [0.15, 0.2) is 5.78 Å². The summed E-state index contributed by atoms with van der Waals surface area (Å²) in [6, 6.07) is 13.0. The molecule has 0 radical (unpaired) electrons. The number of carbonyl (C=O) groups excluding carboxylic acids is 3. The van der Waals surface area contributed by atoms with Crippen LogP contribution in [0.2, 0.25) is 0 Å². The molecule has 33 heavy (non-hydrogen) atoms. The van der Waals surface area contributed by atoms with Crippen molar-refractivity contribution in [2.45, 2.75) is 64.7 Å². The molecule has 3 N–H and O–H groups in total. The van der Waals surface area contributed by atoms with E-state index in [9.17, 15) is 19.2 Å². The highest BCUT2D eigenvalue weighted by atomic mass is 16.4. The number of ketones is 1. The van der Waals surface area contributed by atoms with Crippen molar-refractivity contribution >= 4 is 34.9 Å². The van der Waals surface area contributed by atoms with Gasteiger partial charge in [-0.05, 0) is 55.0 Å². The summed E-state index contributed by atoms with van der Waals surface area (Å²) in [5.41, 5.74) is 2.00. The molecular formula is C26H32N2O5. The number of benzene rings is 2. The maximum atomic E-state index is 12.5. The fourth-order valence-corrected chi connectivity index (χ4v) is 3.30. The quantitative estimate of drug-likeness (QED) is 0.252. The Labute approximate surface area is 194 Å². The van der Waals surface area contributed by atoms with Gasteiger partial charge in [-0.25, -0.2) is 0 Å². The molecule has 2 rings (SSSR count). The highest BCUT2D eigenvalue weighted by Gasteiger charge is 2.10. The maximum Gasteiger partial charge on any atom is 0.303 e. The summed E-state index contributed by atoms with van der Waals surface area (Å²) < 4.78 is 0. The van der Waals surface area contributed by atoms with E-state index >= 15 is 0 Å². The Balaban J connectivity index is 1.79. The molecule has 0 aliphatic rings. The van der Waals surface area contributed by atoms with Gasteiger partial charge in [-0.1, -0.05) is 39.0 Å². The molecule has 0 aliphatic carbocycles. The number of Topliss-reactive ketones (excluding diaryl/α,β-unsaturated/α-hetero) is 1. The van der Waals surface area contributed by atoms with Gasteiger partial charge in [-0.3, -0.25) is 19.2 Å². The van der Waals surface area contributed by atoms with Gasteiger partial charge in [0.25, 0.3) is 5.91 Å². The van der Waals surface area contributed by atoms with Gasteiger partial charge < -0.3 is 15.7 Å². The van der Waals surface area contributed by atoms with E-state index in [0.717, 1.165) is 19.3 Å². The molecule has 2 aromatic carbocycles. The highest BCUT2D eigenvalue weighted by molar-refractivity contribution is 6.05. The van der Waals surface area contributed by atoms with E-state index in [4.69, 9.17) is 5.11 Å². The second-order valence-corrected chi connectivity index (χ2v) is 7.99. The highest BCUT2D eigenvalue weighted by Crippen LogP contribution is 2.16. The Morgan fingerprint density at radius 2 is 1.21 bits per heavy atom. The Kier molecular flexibility index (Phi) is 10.8. The first-order valence-corrected chi connectivity index (χ1v) is 11.5. The van der Waals surface area contributed by atoms with Crippen LogP contribution in [0.3, 0.4) is 0 Å². The third kappa shape index (κ3) is 9.68. The lowest BCUT2D eigenvalue weighted by Gasteiger charge is -2.08. The first kappa shape index (κ1) is 25.8. The van der Waals surface area contributed by atoms with Crippen molar-refractivity contribution in [2.24, 2.45) is 0 Å². The van der Waals surface area contributed by atoms with Crippen LogP contribution in [0.1, 0.15) is 85.4 Å². The molecule has 0 fully saturated rings. The van der Waals surface area contributed by atoms with Crippen molar-refractivity contribution < 1.29 is 24.3 Å². The van der Waals surface area contributed by atoms with E-state index in [1.807, 2.05) is 0 Å². The fourth-order valence-electron chi connectivity index (χ4n) is 3.30. The Hall–Kier alpha value is -3.48. The van der Waals surface area contributed by atoms with Gasteiger partial charge in [0.1, 0.15) is 0 Å². The summed E-state index contributed by atoms with van der Waals surface area (Å²) in [5, 5.41) is 14.3. The predicted molar refractivity (Wildman–Crippen MR) is 129 cm³/mol. The molecule has 0 bridgehead atoms. The summed E-state index contributed by atoms with van der Waals surface area (Å²) in [4.78, 5) is 47.1. The van der Waals surface area contributed by atoms with Crippen molar-refractivity contribution in [3.8, 4) is 0 Å². The molecule has 0 aromatic heterocycles. The number of amides is 2. The molecule has 0 heterocycles. The minimum atomic E-state index is -1.02. The van der Waals surface area contributed by atoms with Gasteiger partial charge >= 0.3 is 5.97 Å². The molecule has 2 amide bonds. The van der Waals surface area contributed by atoms with Crippen LogP contribution >= 0.6 is 0 Å². The second-order valence-electron chi connectivity index (χ2n) is 7.99. The van der Waals surface area contributed by atoms with Crippen LogP contribution in [0.5, 0.6) is 0 Å². The average molecular weight is 453 g/mol. The zero-order valence-corrected chi connectivity index (χ0v) is 19.1. The van der Waals surface area contributed by atoms with Crippen LogP contribution in [0.15, 0.2) is 48.5 Å². The van der Waals surface area contributed by atoms with Crippen LogP contribution in [0, 0.1) is 0 Å². The van der Waals surface area contributed by atoms with Crippen molar-refractivity contribution in [3.63, 3.8) is 0 Å². The van der Waals surface area contributed by atoms with E-state index in [-0.39, 0.29) is 30.4 Å².